The standard InChI is InChI=1S/C24H23ClN4O/c25-20-9-5-4-8-19(20)24(30)26-18-10-11-22-21(14-18)27-23-16-28(12-13-29(22)23)15-17-6-2-1-3-7-17/h1-11,14,24,26,30H,12-13,15-16H2. The largest absolute Gasteiger partial charge is 0.369 e. The normalized spacial score (nSPS) is 15.1. The van der Waals surface area contributed by atoms with Crippen molar-refractivity contribution in [1.82, 2.24) is 14.5 Å². The number of rotatable bonds is 5. The third-order valence-corrected chi connectivity index (χ3v) is 5.93. The minimum Gasteiger partial charge on any atom is -0.369 e. The molecule has 0 spiro atoms. The van der Waals surface area contributed by atoms with Crippen LogP contribution < -0.4 is 5.32 Å². The average Bonchev–Trinajstić information content (AvgIpc) is 3.11. The molecule has 1 aliphatic heterocycles. The first-order chi connectivity index (χ1) is 14.7. The first-order valence-corrected chi connectivity index (χ1v) is 10.5. The zero-order chi connectivity index (χ0) is 20.5. The Morgan fingerprint density at radius 3 is 2.63 bits per heavy atom. The molecule has 1 aromatic heterocycles. The maximum absolute atomic E-state index is 10.5. The van der Waals surface area contributed by atoms with E-state index in [1.54, 1.807) is 6.07 Å². The lowest BCUT2D eigenvalue weighted by molar-refractivity contribution is 0.208. The minimum absolute atomic E-state index is 0.537. The molecule has 30 heavy (non-hydrogen) atoms. The maximum atomic E-state index is 10.5. The van der Waals surface area contributed by atoms with Gasteiger partial charge >= 0.3 is 0 Å². The fraction of sp³-hybridized carbons (Fsp3) is 0.208. The third kappa shape index (κ3) is 3.79. The van der Waals surface area contributed by atoms with Gasteiger partial charge in [0.25, 0.3) is 0 Å². The second kappa shape index (κ2) is 8.11. The highest BCUT2D eigenvalue weighted by atomic mass is 35.5. The maximum Gasteiger partial charge on any atom is 0.152 e. The Labute approximate surface area is 180 Å². The Bertz CT molecular complexity index is 1170. The van der Waals surface area contributed by atoms with Crippen LogP contribution in [0.4, 0.5) is 5.69 Å². The van der Waals surface area contributed by atoms with E-state index >= 15 is 0 Å². The Hall–Kier alpha value is -2.86. The van der Waals surface area contributed by atoms with Gasteiger partial charge in [-0.15, -0.1) is 0 Å². The molecule has 6 heteroatoms. The van der Waals surface area contributed by atoms with Crippen molar-refractivity contribution in [3.63, 3.8) is 0 Å². The van der Waals surface area contributed by atoms with E-state index in [0.717, 1.165) is 48.7 Å². The summed E-state index contributed by atoms with van der Waals surface area (Å²) in [6.07, 6.45) is -0.880. The molecule has 1 unspecified atom stereocenters. The van der Waals surface area contributed by atoms with E-state index in [0.29, 0.717) is 10.6 Å². The van der Waals surface area contributed by atoms with Crippen molar-refractivity contribution in [2.45, 2.75) is 25.9 Å². The van der Waals surface area contributed by atoms with E-state index in [1.165, 1.54) is 5.56 Å². The van der Waals surface area contributed by atoms with Gasteiger partial charge in [-0.2, -0.15) is 0 Å². The summed E-state index contributed by atoms with van der Waals surface area (Å²) < 4.78 is 2.30. The first kappa shape index (κ1) is 19.1. The van der Waals surface area contributed by atoms with Crippen molar-refractivity contribution in [1.29, 1.82) is 0 Å². The highest BCUT2D eigenvalue weighted by Crippen LogP contribution is 2.28. The number of nitrogens with one attached hydrogen (secondary N) is 1. The summed E-state index contributed by atoms with van der Waals surface area (Å²) in [5.74, 6) is 1.08. The summed E-state index contributed by atoms with van der Waals surface area (Å²) in [7, 11) is 0. The number of aliphatic hydroxyl groups excluding tert-OH is 1. The smallest absolute Gasteiger partial charge is 0.152 e. The summed E-state index contributed by atoms with van der Waals surface area (Å²) in [5, 5.41) is 14.2. The third-order valence-electron chi connectivity index (χ3n) is 5.58. The van der Waals surface area contributed by atoms with Gasteiger partial charge in [0.1, 0.15) is 5.82 Å². The number of imidazole rings is 1. The molecule has 1 atom stereocenters. The van der Waals surface area contributed by atoms with Crippen LogP contribution >= 0.6 is 11.6 Å². The molecule has 0 radical (unpaired) electrons. The molecule has 3 aromatic carbocycles. The number of anilines is 1. The van der Waals surface area contributed by atoms with Gasteiger partial charge in [-0.3, -0.25) is 4.90 Å². The lowest BCUT2D eigenvalue weighted by atomic mass is 10.2. The lowest BCUT2D eigenvalue weighted by Crippen LogP contribution is -2.33. The van der Waals surface area contributed by atoms with Gasteiger partial charge in [0.2, 0.25) is 0 Å². The number of aromatic nitrogens is 2. The first-order valence-electron chi connectivity index (χ1n) is 10.1. The van der Waals surface area contributed by atoms with E-state index in [9.17, 15) is 5.11 Å². The molecule has 2 heterocycles. The number of aliphatic hydroxyl groups is 1. The fourth-order valence-corrected chi connectivity index (χ4v) is 4.31. The highest BCUT2D eigenvalue weighted by molar-refractivity contribution is 6.31. The molecule has 5 rings (SSSR count). The quantitative estimate of drug-likeness (QED) is 0.457. The van der Waals surface area contributed by atoms with Crippen LogP contribution in [0.1, 0.15) is 23.2 Å². The van der Waals surface area contributed by atoms with Gasteiger partial charge in [-0.05, 0) is 29.8 Å². The van der Waals surface area contributed by atoms with Crippen LogP contribution in [-0.2, 0) is 19.6 Å². The number of hydrogen-bond donors (Lipinski definition) is 2. The summed E-state index contributed by atoms with van der Waals surface area (Å²) >= 11 is 6.20. The van der Waals surface area contributed by atoms with Crippen molar-refractivity contribution in [2.24, 2.45) is 0 Å². The molecule has 0 fully saturated rings. The van der Waals surface area contributed by atoms with Crippen molar-refractivity contribution in [2.75, 3.05) is 11.9 Å². The van der Waals surface area contributed by atoms with Crippen molar-refractivity contribution >= 4 is 28.3 Å². The van der Waals surface area contributed by atoms with Gasteiger partial charge in [0.05, 0.1) is 17.6 Å². The fourth-order valence-electron chi connectivity index (χ4n) is 4.07. The molecule has 2 N–H and O–H groups in total. The van der Waals surface area contributed by atoms with Crippen molar-refractivity contribution in [3.8, 4) is 0 Å². The summed E-state index contributed by atoms with van der Waals surface area (Å²) in [6.45, 7) is 3.68. The summed E-state index contributed by atoms with van der Waals surface area (Å²) in [5.41, 5.74) is 4.85. The molecule has 0 bridgehead atoms. The Morgan fingerprint density at radius 2 is 1.80 bits per heavy atom. The van der Waals surface area contributed by atoms with Crippen LogP contribution in [0, 0.1) is 0 Å². The van der Waals surface area contributed by atoms with Gasteiger partial charge < -0.3 is 15.0 Å². The van der Waals surface area contributed by atoms with Gasteiger partial charge in [-0.25, -0.2) is 4.98 Å². The van der Waals surface area contributed by atoms with Gasteiger partial charge in [-0.1, -0.05) is 60.1 Å². The van der Waals surface area contributed by atoms with Crippen molar-refractivity contribution in [3.05, 3.63) is 94.8 Å². The Morgan fingerprint density at radius 1 is 1.00 bits per heavy atom. The molecular weight excluding hydrogens is 396 g/mol. The van der Waals surface area contributed by atoms with Crippen LogP contribution in [0.15, 0.2) is 72.8 Å². The topological polar surface area (TPSA) is 53.3 Å². The second-order valence-electron chi connectivity index (χ2n) is 7.65. The number of fused-ring (bicyclic) bond motifs is 3. The van der Waals surface area contributed by atoms with Gasteiger partial charge in [0, 0.05) is 35.9 Å². The second-order valence-corrected chi connectivity index (χ2v) is 8.06. The molecule has 1 aliphatic rings. The molecule has 0 saturated heterocycles. The van der Waals surface area contributed by atoms with Crippen LogP contribution in [-0.4, -0.2) is 26.1 Å². The molecular formula is C24H23ClN4O. The van der Waals surface area contributed by atoms with Gasteiger partial charge in [0.15, 0.2) is 6.23 Å². The highest BCUT2D eigenvalue weighted by Gasteiger charge is 2.20. The van der Waals surface area contributed by atoms with E-state index in [1.807, 2.05) is 36.4 Å². The van der Waals surface area contributed by atoms with E-state index in [2.05, 4.69) is 45.1 Å². The number of nitrogens with zero attached hydrogens (tertiary/aromatic N) is 3. The van der Waals surface area contributed by atoms with Crippen LogP contribution in [0.3, 0.4) is 0 Å². The number of benzene rings is 3. The van der Waals surface area contributed by atoms with Crippen molar-refractivity contribution < 1.29 is 5.11 Å². The van der Waals surface area contributed by atoms with Crippen LogP contribution in [0.2, 0.25) is 5.02 Å². The Balaban J connectivity index is 1.35. The van der Waals surface area contributed by atoms with E-state index in [-0.39, 0.29) is 0 Å². The molecule has 0 saturated carbocycles. The molecule has 0 amide bonds. The zero-order valence-corrected chi connectivity index (χ0v) is 17.3. The molecule has 0 aliphatic carbocycles. The lowest BCUT2D eigenvalue weighted by Gasteiger charge is -2.27. The summed E-state index contributed by atoms with van der Waals surface area (Å²) in [6, 6.07) is 23.9. The average molecular weight is 419 g/mol. The van der Waals surface area contributed by atoms with E-state index in [4.69, 9.17) is 16.6 Å². The van der Waals surface area contributed by atoms with E-state index < -0.39 is 6.23 Å². The SMILES string of the molecule is OC(Nc1ccc2c(c1)nc1n2CCN(Cc2ccccc2)C1)c1ccccc1Cl. The Kier molecular flexibility index (Phi) is 5.17. The minimum atomic E-state index is -0.880. The zero-order valence-electron chi connectivity index (χ0n) is 16.5. The predicted octanol–water partition coefficient (Wildman–Crippen LogP) is 4.81. The monoisotopic (exact) mass is 418 g/mol. The molecule has 5 nitrogen and oxygen atoms in total. The number of halogens is 1. The summed E-state index contributed by atoms with van der Waals surface area (Å²) in [4.78, 5) is 7.30. The predicted molar refractivity (Wildman–Crippen MR) is 120 cm³/mol. The molecule has 152 valence electrons. The number of hydrogen-bond acceptors (Lipinski definition) is 4. The van der Waals surface area contributed by atoms with Crippen LogP contribution in [0.5, 0.6) is 0 Å². The van der Waals surface area contributed by atoms with Crippen LogP contribution in [0.25, 0.3) is 11.0 Å². The molecule has 4 aromatic rings.